The van der Waals surface area contributed by atoms with Gasteiger partial charge >= 0.3 is 0 Å². The van der Waals surface area contributed by atoms with Crippen LogP contribution in [0.15, 0.2) is 29.7 Å². The number of pyridine rings is 1. The van der Waals surface area contributed by atoms with Gasteiger partial charge in [-0.15, -0.1) is 0 Å². The third-order valence-corrected chi connectivity index (χ3v) is 3.52. The van der Waals surface area contributed by atoms with E-state index < -0.39 is 6.10 Å². The lowest BCUT2D eigenvalue weighted by molar-refractivity contribution is 0.0161. The van der Waals surface area contributed by atoms with Gasteiger partial charge in [-0.05, 0) is 38.1 Å². The van der Waals surface area contributed by atoms with E-state index in [1.54, 1.807) is 24.5 Å². The molecule has 6 heteroatoms. The third kappa shape index (κ3) is 5.07. The minimum absolute atomic E-state index is 0.146. The molecule has 1 aliphatic heterocycles. The molecule has 0 unspecified atom stereocenters. The highest BCUT2D eigenvalue weighted by molar-refractivity contribution is 6.69. The Morgan fingerprint density at radius 2 is 2.25 bits per heavy atom. The number of rotatable bonds is 6. The van der Waals surface area contributed by atoms with E-state index in [-0.39, 0.29) is 11.8 Å². The summed E-state index contributed by atoms with van der Waals surface area (Å²) in [7, 11) is 0. The first-order valence-electron chi connectivity index (χ1n) is 6.92. The standard InChI is InChI=1S/C14H20ClN3O2/c15-14(12-5-4-6-16-9-12)17-20-11-13(19)10-18-7-2-1-3-8-18/h4-6,9,13,19H,1-3,7-8,10-11H2/t13-/m1/s1. The molecule has 2 heterocycles. The average molecular weight is 298 g/mol. The summed E-state index contributed by atoms with van der Waals surface area (Å²) in [6.07, 6.45) is 6.43. The first kappa shape index (κ1) is 15.2. The predicted octanol–water partition coefficient (Wildman–Crippen LogP) is 1.85. The van der Waals surface area contributed by atoms with Crippen LogP contribution in [0.2, 0.25) is 0 Å². The number of oxime groups is 1. The molecule has 1 atom stereocenters. The number of halogens is 1. The number of likely N-dealkylation sites (tertiary alicyclic amines) is 1. The van der Waals surface area contributed by atoms with Crippen molar-refractivity contribution in [2.45, 2.75) is 25.4 Å². The number of aliphatic hydroxyl groups excluding tert-OH is 1. The van der Waals surface area contributed by atoms with Crippen LogP contribution in [0.1, 0.15) is 24.8 Å². The summed E-state index contributed by atoms with van der Waals surface area (Å²) in [6.45, 7) is 2.88. The van der Waals surface area contributed by atoms with Crippen LogP contribution in [0.4, 0.5) is 0 Å². The first-order chi connectivity index (χ1) is 9.75. The second kappa shape index (κ2) is 8.19. The zero-order valence-electron chi connectivity index (χ0n) is 11.4. The molecule has 1 aromatic heterocycles. The van der Waals surface area contributed by atoms with E-state index in [2.05, 4.69) is 15.0 Å². The lowest BCUT2D eigenvalue weighted by Crippen LogP contribution is -2.38. The SMILES string of the molecule is O[C@@H](CON=C(Cl)c1cccnc1)CN1CCCCC1. The normalized spacial score (nSPS) is 18.8. The Hall–Kier alpha value is -1.17. The highest BCUT2D eigenvalue weighted by Crippen LogP contribution is 2.09. The van der Waals surface area contributed by atoms with Gasteiger partial charge in [-0.3, -0.25) is 4.98 Å². The van der Waals surface area contributed by atoms with Crippen LogP contribution in [-0.4, -0.2) is 52.5 Å². The molecule has 0 aliphatic carbocycles. The van der Waals surface area contributed by atoms with E-state index >= 15 is 0 Å². The first-order valence-corrected chi connectivity index (χ1v) is 7.30. The maximum Gasteiger partial charge on any atom is 0.177 e. The number of piperidine rings is 1. The van der Waals surface area contributed by atoms with Gasteiger partial charge in [0.2, 0.25) is 0 Å². The van der Waals surface area contributed by atoms with Crippen molar-refractivity contribution in [3.63, 3.8) is 0 Å². The fourth-order valence-corrected chi connectivity index (χ4v) is 2.37. The molecule has 1 aliphatic rings. The van der Waals surface area contributed by atoms with E-state index in [0.717, 1.165) is 13.1 Å². The van der Waals surface area contributed by atoms with Crippen LogP contribution >= 0.6 is 11.6 Å². The van der Waals surface area contributed by atoms with Gasteiger partial charge in [0.1, 0.15) is 12.7 Å². The average Bonchev–Trinajstić information content (AvgIpc) is 2.49. The van der Waals surface area contributed by atoms with E-state index in [4.69, 9.17) is 16.4 Å². The number of aromatic nitrogens is 1. The predicted molar refractivity (Wildman–Crippen MR) is 78.9 cm³/mol. The van der Waals surface area contributed by atoms with Crippen molar-refractivity contribution in [1.82, 2.24) is 9.88 Å². The van der Waals surface area contributed by atoms with Gasteiger partial charge in [-0.25, -0.2) is 0 Å². The Kier molecular flexibility index (Phi) is 6.24. The maximum atomic E-state index is 9.89. The van der Waals surface area contributed by atoms with Crippen molar-refractivity contribution in [3.8, 4) is 0 Å². The Labute approximate surface area is 124 Å². The number of β-amino-alcohol motifs (C(OH)–C–C–N with tert-alkyl or cyclic N) is 1. The Bertz CT molecular complexity index is 422. The largest absolute Gasteiger partial charge is 0.392 e. The summed E-state index contributed by atoms with van der Waals surface area (Å²) in [5.74, 6) is 0. The molecule has 5 nitrogen and oxygen atoms in total. The number of hydrogen-bond acceptors (Lipinski definition) is 5. The minimum atomic E-state index is -0.546. The number of aliphatic hydroxyl groups is 1. The van der Waals surface area contributed by atoms with Gasteiger partial charge in [0, 0.05) is 24.5 Å². The second-order valence-corrected chi connectivity index (χ2v) is 5.29. The summed E-state index contributed by atoms with van der Waals surface area (Å²) in [5.41, 5.74) is 0.694. The number of hydrogen-bond donors (Lipinski definition) is 1. The molecule has 0 spiro atoms. The molecule has 1 aromatic rings. The third-order valence-electron chi connectivity index (χ3n) is 3.23. The van der Waals surface area contributed by atoms with Crippen molar-refractivity contribution in [1.29, 1.82) is 0 Å². The minimum Gasteiger partial charge on any atom is -0.392 e. The highest BCUT2D eigenvalue weighted by atomic mass is 35.5. The molecule has 1 saturated heterocycles. The van der Waals surface area contributed by atoms with E-state index in [9.17, 15) is 5.11 Å². The Morgan fingerprint density at radius 1 is 1.45 bits per heavy atom. The summed E-state index contributed by atoms with van der Waals surface area (Å²) in [5, 5.41) is 13.9. The van der Waals surface area contributed by atoms with Crippen LogP contribution in [0, 0.1) is 0 Å². The molecule has 1 fully saturated rings. The quantitative estimate of drug-likeness (QED) is 0.643. The van der Waals surface area contributed by atoms with Gasteiger partial charge in [-0.1, -0.05) is 23.2 Å². The summed E-state index contributed by atoms with van der Waals surface area (Å²) in [4.78, 5) is 11.3. The summed E-state index contributed by atoms with van der Waals surface area (Å²) >= 11 is 5.97. The molecule has 1 N–H and O–H groups in total. The van der Waals surface area contributed by atoms with Crippen molar-refractivity contribution in [3.05, 3.63) is 30.1 Å². The smallest absolute Gasteiger partial charge is 0.177 e. The lowest BCUT2D eigenvalue weighted by Gasteiger charge is -2.27. The van der Waals surface area contributed by atoms with Crippen molar-refractivity contribution in [2.24, 2.45) is 5.16 Å². The van der Waals surface area contributed by atoms with Crippen LogP contribution in [0.5, 0.6) is 0 Å². The fraction of sp³-hybridized carbons (Fsp3) is 0.571. The molecule has 2 rings (SSSR count). The molecular weight excluding hydrogens is 278 g/mol. The topological polar surface area (TPSA) is 58.0 Å². The van der Waals surface area contributed by atoms with E-state index in [1.165, 1.54) is 19.3 Å². The van der Waals surface area contributed by atoms with Crippen molar-refractivity contribution in [2.75, 3.05) is 26.2 Å². The number of nitrogens with zero attached hydrogens (tertiary/aromatic N) is 3. The Morgan fingerprint density at radius 3 is 2.95 bits per heavy atom. The fourth-order valence-electron chi connectivity index (χ4n) is 2.21. The van der Waals surface area contributed by atoms with Crippen molar-refractivity contribution < 1.29 is 9.94 Å². The highest BCUT2D eigenvalue weighted by Gasteiger charge is 2.14. The molecule has 20 heavy (non-hydrogen) atoms. The monoisotopic (exact) mass is 297 g/mol. The molecule has 110 valence electrons. The molecule has 0 bridgehead atoms. The van der Waals surface area contributed by atoms with Gasteiger partial charge in [0.15, 0.2) is 5.17 Å². The summed E-state index contributed by atoms with van der Waals surface area (Å²) in [6, 6.07) is 3.57. The van der Waals surface area contributed by atoms with Crippen molar-refractivity contribution >= 4 is 16.8 Å². The van der Waals surface area contributed by atoms with E-state index in [1.807, 2.05) is 0 Å². The summed E-state index contributed by atoms with van der Waals surface area (Å²) < 4.78 is 0. The zero-order chi connectivity index (χ0) is 14.2. The zero-order valence-corrected chi connectivity index (χ0v) is 12.2. The van der Waals surface area contributed by atoms with Gasteiger partial charge in [-0.2, -0.15) is 0 Å². The maximum absolute atomic E-state index is 9.89. The molecule has 0 radical (unpaired) electrons. The van der Waals surface area contributed by atoms with Crippen LogP contribution < -0.4 is 0 Å². The van der Waals surface area contributed by atoms with E-state index in [0.29, 0.717) is 12.1 Å². The molecule has 0 amide bonds. The second-order valence-electron chi connectivity index (χ2n) is 4.93. The van der Waals surface area contributed by atoms with Crippen LogP contribution in [-0.2, 0) is 4.84 Å². The van der Waals surface area contributed by atoms with Crippen LogP contribution in [0.25, 0.3) is 0 Å². The molecule has 0 aromatic carbocycles. The van der Waals surface area contributed by atoms with Gasteiger partial charge in [0.25, 0.3) is 0 Å². The van der Waals surface area contributed by atoms with Crippen LogP contribution in [0.3, 0.4) is 0 Å². The Balaban J connectivity index is 1.71. The molecule has 0 saturated carbocycles. The van der Waals surface area contributed by atoms with Gasteiger partial charge < -0.3 is 14.8 Å². The molecular formula is C14H20ClN3O2. The van der Waals surface area contributed by atoms with Gasteiger partial charge in [0.05, 0.1) is 0 Å². The lowest BCUT2D eigenvalue weighted by atomic mass is 10.1.